The molecule has 1 aliphatic rings. The molecule has 0 radical (unpaired) electrons. The minimum atomic E-state index is 0. The van der Waals surface area contributed by atoms with Gasteiger partial charge in [-0.2, -0.15) is 0 Å². The third-order valence-corrected chi connectivity index (χ3v) is 3.89. The Labute approximate surface area is 138 Å². The largest absolute Gasteiger partial charge is 0.493 e. The molecule has 1 amide bonds. The number of piperidine rings is 1. The molecule has 0 bridgehead atoms. The standard InChI is InChI=1S/C16H24N2O3.ClH/c1-4-21-14-6-5-12(11-15(14)20-3)16(19)18(2)13-7-9-17-10-8-13;/h5-6,11,13,17H,4,7-10H2,1-3H3;1H. The average Bonchev–Trinajstić information content (AvgIpc) is 2.55. The molecule has 0 unspecified atom stereocenters. The monoisotopic (exact) mass is 328 g/mol. The zero-order chi connectivity index (χ0) is 15.2. The van der Waals surface area contributed by atoms with Gasteiger partial charge < -0.3 is 19.7 Å². The molecule has 0 aromatic heterocycles. The molecular formula is C16H25ClN2O3. The molecule has 1 fully saturated rings. The first-order valence-electron chi connectivity index (χ1n) is 7.46. The van der Waals surface area contributed by atoms with Crippen LogP contribution in [0.3, 0.4) is 0 Å². The van der Waals surface area contributed by atoms with Gasteiger partial charge in [0.15, 0.2) is 11.5 Å². The van der Waals surface area contributed by atoms with Gasteiger partial charge in [0.1, 0.15) is 0 Å². The first-order chi connectivity index (χ1) is 10.2. The number of hydrogen-bond donors (Lipinski definition) is 1. The normalized spacial score (nSPS) is 14.9. The summed E-state index contributed by atoms with van der Waals surface area (Å²) >= 11 is 0. The third-order valence-electron chi connectivity index (χ3n) is 3.89. The average molecular weight is 329 g/mol. The Bertz CT molecular complexity index is 490. The second-order valence-corrected chi connectivity index (χ2v) is 5.20. The fraction of sp³-hybridized carbons (Fsp3) is 0.562. The van der Waals surface area contributed by atoms with Gasteiger partial charge in [0.2, 0.25) is 0 Å². The highest BCUT2D eigenvalue weighted by Crippen LogP contribution is 2.28. The maximum Gasteiger partial charge on any atom is 0.253 e. The first-order valence-corrected chi connectivity index (χ1v) is 7.46. The second kappa shape index (κ2) is 8.86. The zero-order valence-corrected chi connectivity index (χ0v) is 14.2. The van der Waals surface area contributed by atoms with Gasteiger partial charge in [-0.25, -0.2) is 0 Å². The molecule has 1 saturated heterocycles. The number of hydrogen-bond acceptors (Lipinski definition) is 4. The van der Waals surface area contributed by atoms with Crippen LogP contribution in [0.2, 0.25) is 0 Å². The molecule has 0 aliphatic carbocycles. The molecule has 1 N–H and O–H groups in total. The van der Waals surface area contributed by atoms with Gasteiger partial charge in [-0.3, -0.25) is 4.79 Å². The number of methoxy groups -OCH3 is 1. The Hall–Kier alpha value is -1.46. The lowest BCUT2D eigenvalue weighted by molar-refractivity contribution is 0.0703. The van der Waals surface area contributed by atoms with Gasteiger partial charge in [0.25, 0.3) is 5.91 Å². The Kier molecular flexibility index (Phi) is 7.48. The number of nitrogens with one attached hydrogen (secondary N) is 1. The van der Waals surface area contributed by atoms with Crippen LogP contribution in [0.5, 0.6) is 11.5 Å². The molecule has 1 aromatic rings. The lowest BCUT2D eigenvalue weighted by atomic mass is 10.0. The fourth-order valence-electron chi connectivity index (χ4n) is 2.64. The number of benzene rings is 1. The summed E-state index contributed by atoms with van der Waals surface area (Å²) in [6.45, 7) is 4.42. The molecule has 0 atom stereocenters. The van der Waals surface area contributed by atoms with Crippen LogP contribution in [0.25, 0.3) is 0 Å². The number of amides is 1. The van der Waals surface area contributed by atoms with Crippen molar-refractivity contribution in [2.45, 2.75) is 25.8 Å². The number of carbonyl (C=O) groups excluding carboxylic acids is 1. The molecule has 1 aromatic carbocycles. The first kappa shape index (κ1) is 18.6. The highest BCUT2D eigenvalue weighted by molar-refractivity contribution is 5.95. The smallest absolute Gasteiger partial charge is 0.253 e. The van der Waals surface area contributed by atoms with Crippen molar-refractivity contribution >= 4 is 18.3 Å². The Morgan fingerprint density at radius 2 is 2.00 bits per heavy atom. The molecular weight excluding hydrogens is 304 g/mol. The highest BCUT2D eigenvalue weighted by Gasteiger charge is 2.23. The molecule has 1 aliphatic heterocycles. The predicted octanol–water partition coefficient (Wildman–Crippen LogP) is 2.34. The van der Waals surface area contributed by atoms with E-state index in [1.54, 1.807) is 25.3 Å². The lowest BCUT2D eigenvalue weighted by Crippen LogP contribution is -2.43. The Morgan fingerprint density at radius 1 is 1.32 bits per heavy atom. The third kappa shape index (κ3) is 4.27. The van der Waals surface area contributed by atoms with Crippen molar-refractivity contribution in [1.82, 2.24) is 10.2 Å². The highest BCUT2D eigenvalue weighted by atomic mass is 35.5. The second-order valence-electron chi connectivity index (χ2n) is 5.20. The molecule has 0 spiro atoms. The fourth-order valence-corrected chi connectivity index (χ4v) is 2.64. The van der Waals surface area contributed by atoms with Crippen LogP contribution in [0.15, 0.2) is 18.2 Å². The zero-order valence-electron chi connectivity index (χ0n) is 13.4. The van der Waals surface area contributed by atoms with E-state index in [-0.39, 0.29) is 18.3 Å². The van der Waals surface area contributed by atoms with Gasteiger partial charge >= 0.3 is 0 Å². The van der Waals surface area contributed by atoms with Gasteiger partial charge in [0, 0.05) is 18.7 Å². The van der Waals surface area contributed by atoms with Gasteiger partial charge in [-0.15, -0.1) is 12.4 Å². The number of nitrogens with zero attached hydrogens (tertiary/aromatic N) is 1. The van der Waals surface area contributed by atoms with Crippen molar-refractivity contribution in [1.29, 1.82) is 0 Å². The number of ether oxygens (including phenoxy) is 2. The summed E-state index contributed by atoms with van der Waals surface area (Å²) < 4.78 is 10.8. The minimum Gasteiger partial charge on any atom is -0.493 e. The van der Waals surface area contributed by atoms with Gasteiger partial charge in [-0.1, -0.05) is 0 Å². The minimum absolute atomic E-state index is 0. The van der Waals surface area contributed by atoms with Crippen molar-refractivity contribution < 1.29 is 14.3 Å². The van der Waals surface area contributed by atoms with E-state index in [4.69, 9.17) is 9.47 Å². The van der Waals surface area contributed by atoms with E-state index in [1.807, 2.05) is 18.9 Å². The summed E-state index contributed by atoms with van der Waals surface area (Å²) in [6, 6.07) is 5.65. The van der Waals surface area contributed by atoms with E-state index in [0.717, 1.165) is 25.9 Å². The van der Waals surface area contributed by atoms with Crippen molar-refractivity contribution in [3.63, 3.8) is 0 Å². The van der Waals surface area contributed by atoms with Crippen LogP contribution in [-0.2, 0) is 0 Å². The van der Waals surface area contributed by atoms with Crippen molar-refractivity contribution in [2.24, 2.45) is 0 Å². The summed E-state index contributed by atoms with van der Waals surface area (Å²) in [4.78, 5) is 14.4. The van der Waals surface area contributed by atoms with E-state index >= 15 is 0 Å². The summed E-state index contributed by atoms with van der Waals surface area (Å²) in [7, 11) is 3.46. The van der Waals surface area contributed by atoms with Crippen LogP contribution >= 0.6 is 12.4 Å². The van der Waals surface area contributed by atoms with Crippen LogP contribution in [-0.4, -0.2) is 50.7 Å². The molecule has 22 heavy (non-hydrogen) atoms. The van der Waals surface area contributed by atoms with E-state index in [2.05, 4.69) is 5.32 Å². The molecule has 6 heteroatoms. The number of halogens is 1. The number of carbonyl (C=O) groups is 1. The maximum absolute atomic E-state index is 12.6. The molecule has 1 heterocycles. The number of rotatable bonds is 5. The van der Waals surface area contributed by atoms with Gasteiger partial charge in [0.05, 0.1) is 13.7 Å². The maximum atomic E-state index is 12.6. The summed E-state index contributed by atoms with van der Waals surface area (Å²) in [5, 5.41) is 3.31. The van der Waals surface area contributed by atoms with Gasteiger partial charge in [-0.05, 0) is 51.1 Å². The van der Waals surface area contributed by atoms with E-state index in [9.17, 15) is 4.79 Å². The van der Waals surface area contributed by atoms with Crippen LogP contribution in [0.1, 0.15) is 30.1 Å². The van der Waals surface area contributed by atoms with E-state index < -0.39 is 0 Å². The van der Waals surface area contributed by atoms with Crippen molar-refractivity contribution in [3.05, 3.63) is 23.8 Å². The summed E-state index contributed by atoms with van der Waals surface area (Å²) in [5.74, 6) is 1.30. The SMILES string of the molecule is CCOc1ccc(C(=O)N(C)C2CCNCC2)cc1OC.Cl. The van der Waals surface area contributed by atoms with Crippen molar-refractivity contribution in [2.75, 3.05) is 33.9 Å². The van der Waals surface area contributed by atoms with Crippen molar-refractivity contribution in [3.8, 4) is 11.5 Å². The predicted molar refractivity (Wildman–Crippen MR) is 89.4 cm³/mol. The molecule has 2 rings (SSSR count). The molecule has 124 valence electrons. The Balaban J connectivity index is 0.00000242. The van der Waals surface area contributed by atoms with E-state index in [0.29, 0.717) is 29.7 Å². The van der Waals surface area contributed by atoms with Crippen LogP contribution in [0.4, 0.5) is 0 Å². The van der Waals surface area contributed by atoms with E-state index in [1.165, 1.54) is 0 Å². The summed E-state index contributed by atoms with van der Waals surface area (Å²) in [6.07, 6.45) is 1.99. The summed E-state index contributed by atoms with van der Waals surface area (Å²) in [5.41, 5.74) is 0.635. The molecule has 0 saturated carbocycles. The lowest BCUT2D eigenvalue weighted by Gasteiger charge is -2.31. The Morgan fingerprint density at radius 3 is 2.59 bits per heavy atom. The topological polar surface area (TPSA) is 50.8 Å². The van der Waals surface area contributed by atoms with Crippen LogP contribution in [0, 0.1) is 0 Å². The quantitative estimate of drug-likeness (QED) is 0.901. The van der Waals surface area contributed by atoms with Crippen LogP contribution < -0.4 is 14.8 Å². The molecule has 5 nitrogen and oxygen atoms in total.